The van der Waals surface area contributed by atoms with E-state index in [1.165, 1.54) is 0 Å². The van der Waals surface area contributed by atoms with Crippen molar-refractivity contribution in [1.29, 1.82) is 0 Å². The van der Waals surface area contributed by atoms with E-state index in [9.17, 15) is 9.90 Å². The molecule has 120 valence electrons. The minimum absolute atomic E-state index is 0.157. The summed E-state index contributed by atoms with van der Waals surface area (Å²) in [5.41, 5.74) is 2.84. The van der Waals surface area contributed by atoms with Crippen molar-refractivity contribution in [3.05, 3.63) is 34.5 Å². The summed E-state index contributed by atoms with van der Waals surface area (Å²) >= 11 is 7.91. The molecule has 7 heteroatoms. The summed E-state index contributed by atoms with van der Waals surface area (Å²) in [6, 6.07) is 5.93. The van der Waals surface area contributed by atoms with E-state index in [4.69, 9.17) is 16.3 Å². The number of rotatable bonds is 2. The lowest BCUT2D eigenvalue weighted by Crippen LogP contribution is -2.21. The zero-order valence-electron chi connectivity index (χ0n) is 12.3. The molecule has 0 spiro atoms. The Balaban J connectivity index is 1.93. The SMILES string of the molecule is O=C(O)c1nn(C2CCOCC2)c2c1CSc1c(Cl)cccc1-2. The summed E-state index contributed by atoms with van der Waals surface area (Å²) in [4.78, 5) is 12.6. The third kappa shape index (κ3) is 2.45. The lowest BCUT2D eigenvalue weighted by atomic mass is 10.0. The summed E-state index contributed by atoms with van der Waals surface area (Å²) in [5.74, 6) is -0.394. The van der Waals surface area contributed by atoms with Crippen LogP contribution in [0, 0.1) is 0 Å². The highest BCUT2D eigenvalue weighted by Crippen LogP contribution is 2.47. The molecule has 23 heavy (non-hydrogen) atoms. The largest absolute Gasteiger partial charge is 0.476 e. The molecule has 1 fully saturated rings. The van der Waals surface area contributed by atoms with E-state index in [-0.39, 0.29) is 11.7 Å². The average molecular weight is 351 g/mol. The fourth-order valence-electron chi connectivity index (χ4n) is 3.24. The van der Waals surface area contributed by atoms with Crippen LogP contribution in [0.2, 0.25) is 5.02 Å². The fourth-order valence-corrected chi connectivity index (χ4v) is 4.67. The van der Waals surface area contributed by atoms with Gasteiger partial charge in [0.05, 0.1) is 16.8 Å². The molecule has 2 aliphatic heterocycles. The van der Waals surface area contributed by atoms with Crippen molar-refractivity contribution in [1.82, 2.24) is 9.78 Å². The minimum atomic E-state index is -0.974. The van der Waals surface area contributed by atoms with Gasteiger partial charge in [0.25, 0.3) is 0 Å². The second-order valence-corrected chi connectivity index (χ2v) is 7.07. The quantitative estimate of drug-likeness (QED) is 0.891. The number of benzene rings is 1. The van der Waals surface area contributed by atoms with Crippen molar-refractivity contribution in [2.75, 3.05) is 13.2 Å². The predicted octanol–water partition coefficient (Wildman–Crippen LogP) is 3.86. The topological polar surface area (TPSA) is 64.3 Å². The summed E-state index contributed by atoms with van der Waals surface area (Å²) in [7, 11) is 0. The van der Waals surface area contributed by atoms with Gasteiger partial charge < -0.3 is 9.84 Å². The first kappa shape index (κ1) is 15.1. The van der Waals surface area contributed by atoms with Gasteiger partial charge in [0.1, 0.15) is 0 Å². The van der Waals surface area contributed by atoms with Gasteiger partial charge in [-0.3, -0.25) is 4.68 Å². The van der Waals surface area contributed by atoms with Crippen molar-refractivity contribution in [2.45, 2.75) is 29.5 Å². The van der Waals surface area contributed by atoms with Gasteiger partial charge in [-0.25, -0.2) is 4.79 Å². The zero-order valence-corrected chi connectivity index (χ0v) is 13.9. The van der Waals surface area contributed by atoms with Gasteiger partial charge in [0.2, 0.25) is 0 Å². The minimum Gasteiger partial charge on any atom is -0.476 e. The van der Waals surface area contributed by atoms with Gasteiger partial charge in [-0.2, -0.15) is 5.10 Å². The number of thioether (sulfide) groups is 1. The van der Waals surface area contributed by atoms with Crippen LogP contribution in [-0.2, 0) is 10.5 Å². The van der Waals surface area contributed by atoms with Crippen LogP contribution in [-0.4, -0.2) is 34.1 Å². The van der Waals surface area contributed by atoms with Crippen LogP contribution in [0.3, 0.4) is 0 Å². The van der Waals surface area contributed by atoms with Crippen LogP contribution < -0.4 is 0 Å². The van der Waals surface area contributed by atoms with E-state index in [1.54, 1.807) is 11.8 Å². The Kier molecular flexibility index (Phi) is 3.83. The molecule has 0 unspecified atom stereocenters. The van der Waals surface area contributed by atoms with Crippen molar-refractivity contribution in [3.63, 3.8) is 0 Å². The van der Waals surface area contributed by atoms with E-state index in [1.807, 2.05) is 22.9 Å². The van der Waals surface area contributed by atoms with E-state index in [2.05, 4.69) is 5.10 Å². The van der Waals surface area contributed by atoms with Crippen LogP contribution in [0.1, 0.15) is 34.9 Å². The summed E-state index contributed by atoms with van der Waals surface area (Å²) in [5, 5.41) is 14.7. The first-order valence-electron chi connectivity index (χ1n) is 7.51. The van der Waals surface area contributed by atoms with E-state index in [0.717, 1.165) is 34.6 Å². The number of carboxylic acid groups (broad SMARTS) is 1. The molecule has 0 radical (unpaired) electrons. The van der Waals surface area contributed by atoms with Crippen LogP contribution in [0.5, 0.6) is 0 Å². The lowest BCUT2D eigenvalue weighted by Gasteiger charge is -2.26. The normalized spacial score (nSPS) is 17.6. The fraction of sp³-hybridized carbons (Fsp3) is 0.375. The maximum absolute atomic E-state index is 11.6. The monoisotopic (exact) mass is 350 g/mol. The van der Waals surface area contributed by atoms with Crippen LogP contribution in [0.25, 0.3) is 11.3 Å². The maximum atomic E-state index is 11.6. The lowest BCUT2D eigenvalue weighted by molar-refractivity contribution is 0.0648. The van der Waals surface area contributed by atoms with Gasteiger partial charge in [0, 0.05) is 35.0 Å². The van der Waals surface area contributed by atoms with Crippen LogP contribution in [0.15, 0.2) is 23.1 Å². The number of carbonyl (C=O) groups is 1. The Bertz CT molecular complexity index is 784. The second kappa shape index (κ2) is 5.85. The molecule has 0 amide bonds. The van der Waals surface area contributed by atoms with Gasteiger partial charge in [-0.15, -0.1) is 11.8 Å². The Morgan fingerprint density at radius 3 is 2.91 bits per heavy atom. The second-order valence-electron chi connectivity index (χ2n) is 5.67. The highest BCUT2D eigenvalue weighted by molar-refractivity contribution is 7.98. The Labute approximate surface area is 142 Å². The number of hydrogen-bond donors (Lipinski definition) is 1. The number of aromatic carboxylic acids is 1. The summed E-state index contributed by atoms with van der Waals surface area (Å²) < 4.78 is 7.32. The maximum Gasteiger partial charge on any atom is 0.356 e. The number of aromatic nitrogens is 2. The molecule has 3 heterocycles. The molecule has 0 bridgehead atoms. The predicted molar refractivity (Wildman–Crippen MR) is 88.3 cm³/mol. The number of fused-ring (bicyclic) bond motifs is 3. The Hall–Kier alpha value is -1.50. The molecule has 1 saturated heterocycles. The molecule has 2 aromatic rings. The Morgan fingerprint density at radius 2 is 2.17 bits per heavy atom. The standard InChI is InChI=1S/C16H15ClN2O3S/c17-12-3-1-2-10-14-11(8-23-15(10)12)13(16(20)21)18-19(14)9-4-6-22-7-5-9/h1-3,9H,4-8H2,(H,20,21). The molecule has 0 atom stereocenters. The first-order valence-corrected chi connectivity index (χ1v) is 8.87. The number of carboxylic acids is 1. The van der Waals surface area contributed by atoms with Crippen molar-refractivity contribution >= 4 is 29.3 Å². The molecule has 4 rings (SSSR count). The van der Waals surface area contributed by atoms with Crippen molar-refractivity contribution < 1.29 is 14.6 Å². The summed E-state index contributed by atoms with van der Waals surface area (Å²) in [6.45, 7) is 1.36. The van der Waals surface area contributed by atoms with Crippen molar-refractivity contribution in [3.8, 4) is 11.3 Å². The molecule has 1 aromatic carbocycles. The molecule has 0 saturated carbocycles. The summed E-state index contributed by atoms with van der Waals surface area (Å²) in [6.07, 6.45) is 1.69. The molecule has 5 nitrogen and oxygen atoms in total. The van der Waals surface area contributed by atoms with Crippen molar-refractivity contribution in [2.24, 2.45) is 0 Å². The third-order valence-corrected chi connectivity index (χ3v) is 5.92. The van der Waals surface area contributed by atoms with Gasteiger partial charge in [0.15, 0.2) is 5.69 Å². The number of hydrogen-bond acceptors (Lipinski definition) is 4. The van der Waals surface area contributed by atoms with Gasteiger partial charge >= 0.3 is 5.97 Å². The van der Waals surface area contributed by atoms with E-state index >= 15 is 0 Å². The molecule has 1 aromatic heterocycles. The smallest absolute Gasteiger partial charge is 0.356 e. The molecule has 1 N–H and O–H groups in total. The van der Waals surface area contributed by atoms with E-state index < -0.39 is 5.97 Å². The van der Waals surface area contributed by atoms with Gasteiger partial charge in [-0.05, 0) is 18.9 Å². The van der Waals surface area contributed by atoms with Gasteiger partial charge in [-0.1, -0.05) is 23.7 Å². The van der Waals surface area contributed by atoms with E-state index in [0.29, 0.717) is 24.0 Å². The molecule has 2 aliphatic rings. The molecule has 0 aliphatic carbocycles. The number of nitrogens with zero attached hydrogens (tertiary/aromatic N) is 2. The molecular weight excluding hydrogens is 336 g/mol. The average Bonchev–Trinajstić information content (AvgIpc) is 2.96. The highest BCUT2D eigenvalue weighted by atomic mass is 35.5. The zero-order chi connectivity index (χ0) is 16.0. The Morgan fingerprint density at radius 1 is 1.39 bits per heavy atom. The molecular formula is C16H15ClN2O3S. The highest BCUT2D eigenvalue weighted by Gasteiger charge is 2.32. The number of halogens is 1. The van der Waals surface area contributed by atoms with Crippen LogP contribution >= 0.6 is 23.4 Å². The third-order valence-electron chi connectivity index (χ3n) is 4.33. The first-order chi connectivity index (χ1) is 11.2. The number of ether oxygens (including phenoxy) is 1. The van der Waals surface area contributed by atoms with Crippen LogP contribution in [0.4, 0.5) is 0 Å².